The zero-order valence-electron chi connectivity index (χ0n) is 20.2. The Morgan fingerprint density at radius 1 is 1.06 bits per heavy atom. The second kappa shape index (κ2) is 10.4. The van der Waals surface area contributed by atoms with E-state index in [1.165, 1.54) is 10.6 Å². The molecule has 2 atom stereocenters. The van der Waals surface area contributed by atoms with Crippen LogP contribution in [0, 0.1) is 5.92 Å². The van der Waals surface area contributed by atoms with Gasteiger partial charge in [0.1, 0.15) is 5.60 Å². The van der Waals surface area contributed by atoms with E-state index >= 15 is 0 Å². The summed E-state index contributed by atoms with van der Waals surface area (Å²) in [4.78, 5) is 30.0. The number of rotatable bonds is 5. The zero-order chi connectivity index (χ0) is 24.2. The number of piperidine rings is 2. The van der Waals surface area contributed by atoms with Crippen molar-refractivity contribution in [2.24, 2.45) is 5.92 Å². The normalized spacial score (nSPS) is 22.6. The Bertz CT molecular complexity index is 929. The van der Waals surface area contributed by atoms with Crippen LogP contribution in [-0.2, 0) is 26.1 Å². The summed E-state index contributed by atoms with van der Waals surface area (Å²) >= 11 is 0. The van der Waals surface area contributed by atoms with Gasteiger partial charge in [-0.25, -0.2) is 17.5 Å². The fourth-order valence-corrected chi connectivity index (χ4v) is 5.46. The van der Waals surface area contributed by atoms with Crippen molar-refractivity contribution in [1.29, 1.82) is 0 Å². The summed E-state index contributed by atoms with van der Waals surface area (Å²) < 4.78 is 31.2. The maximum Gasteiger partial charge on any atom is 0.410 e. The van der Waals surface area contributed by atoms with Crippen molar-refractivity contribution in [1.82, 2.24) is 14.1 Å². The molecule has 2 aliphatic rings. The van der Waals surface area contributed by atoms with E-state index < -0.39 is 15.6 Å². The molecule has 0 saturated carbocycles. The predicted octanol–water partition coefficient (Wildman–Crippen LogP) is 3.09. The number of hydrogen-bond acceptors (Lipinski definition) is 5. The van der Waals surface area contributed by atoms with E-state index in [2.05, 4.69) is 0 Å². The Balaban J connectivity index is 1.80. The maximum atomic E-state index is 13.7. The van der Waals surface area contributed by atoms with Crippen LogP contribution in [0.1, 0.15) is 52.0 Å². The van der Waals surface area contributed by atoms with E-state index in [9.17, 15) is 18.0 Å². The first-order chi connectivity index (χ1) is 15.4. The third kappa shape index (κ3) is 7.17. The molecular formula is C24H37N3O5S. The van der Waals surface area contributed by atoms with Crippen LogP contribution in [0.15, 0.2) is 30.3 Å². The maximum absolute atomic E-state index is 13.7. The van der Waals surface area contributed by atoms with Gasteiger partial charge >= 0.3 is 6.09 Å². The first-order valence-electron chi connectivity index (χ1n) is 11.7. The third-order valence-corrected chi connectivity index (χ3v) is 7.44. The van der Waals surface area contributed by atoms with Crippen LogP contribution >= 0.6 is 0 Å². The molecule has 0 bridgehead atoms. The molecule has 184 valence electrons. The SMILES string of the molecule is CC(C)(C)OC(=O)N1CCC[C@H](N(Cc2ccccc2)C(=O)[C@@H]2CCCN(S(C)(=O)=O)C2)C1. The lowest BCUT2D eigenvalue weighted by molar-refractivity contribution is -0.141. The standard InChI is InChI=1S/C24H37N3O5S/c1-24(2,3)32-23(29)25-14-9-13-21(18-25)27(16-19-10-6-5-7-11-19)22(28)20-12-8-15-26(17-20)33(4,30)31/h5-7,10-11,20-21H,8-9,12-18H2,1-4H3/t20-,21+/m1/s1. The van der Waals surface area contributed by atoms with Gasteiger partial charge in [0.05, 0.1) is 12.2 Å². The summed E-state index contributed by atoms with van der Waals surface area (Å²) in [7, 11) is -3.35. The lowest BCUT2D eigenvalue weighted by Gasteiger charge is -2.42. The summed E-state index contributed by atoms with van der Waals surface area (Å²) in [5.41, 5.74) is 0.428. The fraction of sp³-hybridized carbons (Fsp3) is 0.667. The summed E-state index contributed by atoms with van der Waals surface area (Å²) in [6, 6.07) is 9.64. The molecule has 8 nitrogen and oxygen atoms in total. The quantitative estimate of drug-likeness (QED) is 0.648. The number of carbonyl (C=O) groups excluding carboxylic acids is 2. The predicted molar refractivity (Wildman–Crippen MR) is 127 cm³/mol. The van der Waals surface area contributed by atoms with Crippen LogP contribution in [0.5, 0.6) is 0 Å². The second-order valence-electron chi connectivity index (χ2n) is 10.1. The van der Waals surface area contributed by atoms with Crippen molar-refractivity contribution < 1.29 is 22.7 Å². The van der Waals surface area contributed by atoms with Crippen molar-refractivity contribution in [3.63, 3.8) is 0 Å². The zero-order valence-corrected chi connectivity index (χ0v) is 21.0. The van der Waals surface area contributed by atoms with Crippen molar-refractivity contribution in [2.45, 2.75) is 64.6 Å². The molecule has 3 rings (SSSR count). The lowest BCUT2D eigenvalue weighted by atomic mass is 9.95. The van der Waals surface area contributed by atoms with E-state index in [1.807, 2.05) is 56.0 Å². The largest absolute Gasteiger partial charge is 0.444 e. The Morgan fingerprint density at radius 3 is 2.36 bits per heavy atom. The second-order valence-corrected chi connectivity index (χ2v) is 12.1. The van der Waals surface area contributed by atoms with Crippen LogP contribution in [0.25, 0.3) is 0 Å². The molecule has 0 aliphatic carbocycles. The van der Waals surface area contributed by atoms with Crippen molar-refractivity contribution >= 4 is 22.0 Å². The van der Waals surface area contributed by atoms with Gasteiger partial charge < -0.3 is 14.5 Å². The number of benzene rings is 1. The molecule has 2 fully saturated rings. The van der Waals surface area contributed by atoms with Gasteiger partial charge in [0.2, 0.25) is 15.9 Å². The molecule has 0 N–H and O–H groups in total. The molecule has 0 unspecified atom stereocenters. The number of nitrogens with zero attached hydrogens (tertiary/aromatic N) is 3. The van der Waals surface area contributed by atoms with Gasteiger partial charge in [-0.1, -0.05) is 30.3 Å². The number of ether oxygens (including phenoxy) is 1. The molecule has 2 amide bonds. The molecule has 2 heterocycles. The van der Waals surface area contributed by atoms with Crippen LogP contribution in [0.3, 0.4) is 0 Å². The summed E-state index contributed by atoms with van der Waals surface area (Å²) in [5, 5.41) is 0. The average molecular weight is 480 g/mol. The van der Waals surface area contributed by atoms with Crippen molar-refractivity contribution in [3.05, 3.63) is 35.9 Å². The van der Waals surface area contributed by atoms with Crippen LogP contribution in [-0.4, -0.2) is 78.6 Å². The summed E-state index contributed by atoms with van der Waals surface area (Å²) in [6.07, 6.45) is 3.74. The molecule has 0 radical (unpaired) electrons. The van der Waals surface area contributed by atoms with Crippen LogP contribution in [0.4, 0.5) is 4.79 Å². The number of likely N-dealkylation sites (tertiary alicyclic amines) is 1. The van der Waals surface area contributed by atoms with E-state index in [0.29, 0.717) is 39.0 Å². The minimum atomic E-state index is -3.35. The van der Waals surface area contributed by atoms with Gasteiger partial charge in [-0.2, -0.15) is 0 Å². The van der Waals surface area contributed by atoms with E-state index in [0.717, 1.165) is 18.4 Å². The average Bonchev–Trinajstić information content (AvgIpc) is 2.76. The summed E-state index contributed by atoms with van der Waals surface area (Å²) in [6.45, 7) is 7.64. The number of hydrogen-bond donors (Lipinski definition) is 0. The number of sulfonamides is 1. The molecule has 1 aromatic carbocycles. The molecular weight excluding hydrogens is 442 g/mol. The Labute approximate surface area is 197 Å². The van der Waals surface area contributed by atoms with E-state index in [-0.39, 0.29) is 30.5 Å². The first kappa shape index (κ1) is 25.5. The molecule has 0 spiro atoms. The molecule has 2 saturated heterocycles. The summed E-state index contributed by atoms with van der Waals surface area (Å²) in [5.74, 6) is -0.419. The lowest BCUT2D eigenvalue weighted by Crippen LogP contribution is -2.55. The van der Waals surface area contributed by atoms with Gasteiger partial charge in [0.15, 0.2) is 0 Å². The highest BCUT2D eigenvalue weighted by Gasteiger charge is 2.37. The van der Waals surface area contributed by atoms with Gasteiger partial charge in [0.25, 0.3) is 0 Å². The molecule has 9 heteroatoms. The van der Waals surface area contributed by atoms with Crippen LogP contribution in [0.2, 0.25) is 0 Å². The van der Waals surface area contributed by atoms with Crippen LogP contribution < -0.4 is 0 Å². The highest BCUT2D eigenvalue weighted by molar-refractivity contribution is 7.88. The Kier molecular flexibility index (Phi) is 8.05. The monoisotopic (exact) mass is 479 g/mol. The topological polar surface area (TPSA) is 87.2 Å². The van der Waals surface area contributed by atoms with Crippen molar-refractivity contribution in [2.75, 3.05) is 32.4 Å². The minimum absolute atomic E-state index is 0.0387. The van der Waals surface area contributed by atoms with Gasteiger partial charge in [-0.05, 0) is 52.0 Å². The first-order valence-corrected chi connectivity index (χ1v) is 13.6. The van der Waals surface area contributed by atoms with Crippen molar-refractivity contribution in [3.8, 4) is 0 Å². The Hall–Kier alpha value is -2.13. The Morgan fingerprint density at radius 2 is 1.73 bits per heavy atom. The van der Waals surface area contributed by atoms with Gasteiger partial charge in [-0.15, -0.1) is 0 Å². The fourth-order valence-electron chi connectivity index (χ4n) is 4.55. The molecule has 1 aromatic rings. The van der Waals surface area contributed by atoms with E-state index in [4.69, 9.17) is 4.74 Å². The molecule has 2 aliphatic heterocycles. The minimum Gasteiger partial charge on any atom is -0.444 e. The molecule has 33 heavy (non-hydrogen) atoms. The highest BCUT2D eigenvalue weighted by atomic mass is 32.2. The third-order valence-electron chi connectivity index (χ3n) is 6.17. The van der Waals surface area contributed by atoms with Gasteiger partial charge in [-0.3, -0.25) is 4.79 Å². The molecule has 0 aromatic heterocycles. The number of carbonyl (C=O) groups is 2. The smallest absolute Gasteiger partial charge is 0.410 e. The number of amides is 2. The van der Waals surface area contributed by atoms with Gasteiger partial charge in [0, 0.05) is 38.8 Å². The highest BCUT2D eigenvalue weighted by Crippen LogP contribution is 2.26. The van der Waals surface area contributed by atoms with E-state index in [1.54, 1.807) is 4.90 Å².